The van der Waals surface area contributed by atoms with Crippen molar-refractivity contribution >= 4 is 23.8 Å². The standard InChI is InChI=1S/C30H30N2O6/c1-37-29(35)25(31-27(33)17-9-5-3-6-10-17)21-14-13-20-22-15-19(24(20)21)16-23(22)26(30(36)38-2)32-28(34)18-11-7-4-8-12-18/h3-14,16,19-22,24-26H,15H2,1-2H3,(H,31,33)(H,32,34). The lowest BCUT2D eigenvalue weighted by Gasteiger charge is -2.34. The summed E-state index contributed by atoms with van der Waals surface area (Å²) in [4.78, 5) is 51.4. The molecule has 2 aromatic carbocycles. The lowest BCUT2D eigenvalue weighted by molar-refractivity contribution is -0.144. The number of carbonyl (C=O) groups is 4. The minimum absolute atomic E-state index is 0.00884. The van der Waals surface area contributed by atoms with Gasteiger partial charge in [-0.15, -0.1) is 0 Å². The summed E-state index contributed by atoms with van der Waals surface area (Å²) in [5.74, 6) is -1.77. The zero-order valence-electron chi connectivity index (χ0n) is 21.2. The zero-order valence-corrected chi connectivity index (χ0v) is 21.2. The van der Waals surface area contributed by atoms with Gasteiger partial charge in [-0.3, -0.25) is 9.59 Å². The second-order valence-electron chi connectivity index (χ2n) is 9.93. The molecule has 0 radical (unpaired) electrons. The highest BCUT2D eigenvalue weighted by Gasteiger charge is 2.56. The van der Waals surface area contributed by atoms with Gasteiger partial charge in [0.05, 0.1) is 14.2 Å². The molecule has 2 bridgehead atoms. The normalized spacial score (nSPS) is 26.1. The molecule has 8 nitrogen and oxygen atoms in total. The van der Waals surface area contributed by atoms with Crippen LogP contribution in [-0.2, 0) is 19.1 Å². The Hall–Kier alpha value is -4.20. The summed E-state index contributed by atoms with van der Waals surface area (Å²) in [7, 11) is 2.62. The van der Waals surface area contributed by atoms with E-state index in [0.717, 1.165) is 12.0 Å². The molecule has 8 heteroatoms. The molecule has 3 aliphatic rings. The fourth-order valence-electron chi connectivity index (χ4n) is 6.36. The summed E-state index contributed by atoms with van der Waals surface area (Å²) in [5.41, 5.74) is 1.75. The van der Waals surface area contributed by atoms with Crippen molar-refractivity contribution in [2.45, 2.75) is 18.5 Å². The van der Waals surface area contributed by atoms with E-state index < -0.39 is 24.0 Å². The van der Waals surface area contributed by atoms with E-state index >= 15 is 0 Å². The Morgan fingerprint density at radius 1 is 0.789 bits per heavy atom. The van der Waals surface area contributed by atoms with Crippen LogP contribution < -0.4 is 10.6 Å². The molecule has 38 heavy (non-hydrogen) atoms. The quantitative estimate of drug-likeness (QED) is 0.414. The third-order valence-corrected chi connectivity index (χ3v) is 8.01. The van der Waals surface area contributed by atoms with Crippen LogP contribution in [0.1, 0.15) is 27.1 Å². The number of allylic oxidation sites excluding steroid dienone is 2. The Morgan fingerprint density at radius 3 is 1.95 bits per heavy atom. The number of carbonyl (C=O) groups excluding carboxylic acids is 4. The molecule has 2 N–H and O–H groups in total. The Labute approximate surface area is 221 Å². The van der Waals surface area contributed by atoms with Crippen molar-refractivity contribution in [1.29, 1.82) is 0 Å². The number of hydrogen-bond donors (Lipinski definition) is 2. The topological polar surface area (TPSA) is 111 Å². The third-order valence-electron chi connectivity index (χ3n) is 8.01. The molecule has 0 spiro atoms. The lowest BCUT2D eigenvalue weighted by Crippen LogP contribution is -2.49. The third kappa shape index (κ3) is 4.62. The highest BCUT2D eigenvalue weighted by Crippen LogP contribution is 2.58. The van der Waals surface area contributed by atoms with Crippen LogP contribution in [0.15, 0.2) is 84.5 Å². The Balaban J connectivity index is 1.37. The monoisotopic (exact) mass is 514 g/mol. The number of nitrogens with one attached hydrogen (secondary N) is 2. The van der Waals surface area contributed by atoms with E-state index in [0.29, 0.717) is 11.1 Å². The van der Waals surface area contributed by atoms with Gasteiger partial charge in [0, 0.05) is 17.0 Å². The molecule has 0 aromatic heterocycles. The number of benzene rings is 2. The number of hydrogen-bond acceptors (Lipinski definition) is 6. The molecule has 0 aliphatic heterocycles. The first-order chi connectivity index (χ1) is 18.4. The van der Waals surface area contributed by atoms with Gasteiger partial charge < -0.3 is 20.1 Å². The second-order valence-corrected chi connectivity index (χ2v) is 9.93. The van der Waals surface area contributed by atoms with Gasteiger partial charge in [-0.25, -0.2) is 9.59 Å². The van der Waals surface area contributed by atoms with Gasteiger partial charge in [-0.1, -0.05) is 54.6 Å². The van der Waals surface area contributed by atoms with Crippen LogP contribution in [0, 0.1) is 29.6 Å². The van der Waals surface area contributed by atoms with Crippen molar-refractivity contribution in [3.8, 4) is 0 Å². The van der Waals surface area contributed by atoms with Crippen LogP contribution in [0.3, 0.4) is 0 Å². The van der Waals surface area contributed by atoms with Crippen LogP contribution in [0.5, 0.6) is 0 Å². The Kier molecular flexibility index (Phi) is 7.13. The number of amides is 2. The second kappa shape index (κ2) is 10.7. The van der Waals surface area contributed by atoms with E-state index in [1.807, 2.05) is 24.3 Å². The van der Waals surface area contributed by atoms with Gasteiger partial charge in [0.1, 0.15) is 12.1 Å². The highest BCUT2D eigenvalue weighted by molar-refractivity contribution is 5.98. The van der Waals surface area contributed by atoms with Gasteiger partial charge in [0.15, 0.2) is 0 Å². The predicted molar refractivity (Wildman–Crippen MR) is 139 cm³/mol. The van der Waals surface area contributed by atoms with E-state index in [9.17, 15) is 19.2 Å². The summed E-state index contributed by atoms with van der Waals surface area (Å²) in [6.45, 7) is 0. The van der Waals surface area contributed by atoms with Crippen LogP contribution in [-0.4, -0.2) is 50.1 Å². The van der Waals surface area contributed by atoms with Gasteiger partial charge in [-0.05, 0) is 59.9 Å². The summed E-state index contributed by atoms with van der Waals surface area (Å²) in [6, 6.07) is 15.7. The molecule has 3 aliphatic carbocycles. The first kappa shape index (κ1) is 25.4. The van der Waals surface area contributed by atoms with Gasteiger partial charge in [-0.2, -0.15) is 0 Å². The molecule has 2 aromatic rings. The maximum Gasteiger partial charge on any atom is 0.332 e. The van der Waals surface area contributed by atoms with Gasteiger partial charge >= 0.3 is 11.9 Å². The van der Waals surface area contributed by atoms with E-state index in [1.54, 1.807) is 48.5 Å². The van der Waals surface area contributed by atoms with E-state index in [4.69, 9.17) is 9.47 Å². The largest absolute Gasteiger partial charge is 0.467 e. The molecular formula is C30H30N2O6. The van der Waals surface area contributed by atoms with Gasteiger partial charge in [0.25, 0.3) is 11.8 Å². The highest BCUT2D eigenvalue weighted by atomic mass is 16.5. The molecule has 7 atom stereocenters. The smallest absolute Gasteiger partial charge is 0.332 e. The SMILES string of the molecule is COC(=O)C(NC(=O)c1ccccc1)C1=CC2CC1C1C=CC(C(NC(=O)c3ccccc3)C(=O)OC)C21. The van der Waals surface area contributed by atoms with E-state index in [2.05, 4.69) is 16.7 Å². The molecule has 1 saturated carbocycles. The van der Waals surface area contributed by atoms with Crippen LogP contribution in [0.2, 0.25) is 0 Å². The van der Waals surface area contributed by atoms with Crippen molar-refractivity contribution in [2.24, 2.45) is 29.6 Å². The predicted octanol–water partition coefficient (Wildman–Crippen LogP) is 2.92. The molecule has 1 fully saturated rings. The molecule has 196 valence electrons. The van der Waals surface area contributed by atoms with E-state index in [-0.39, 0.29) is 41.4 Å². The van der Waals surface area contributed by atoms with Crippen LogP contribution >= 0.6 is 0 Å². The average molecular weight is 515 g/mol. The molecular weight excluding hydrogens is 484 g/mol. The lowest BCUT2D eigenvalue weighted by atomic mass is 9.74. The van der Waals surface area contributed by atoms with E-state index in [1.165, 1.54) is 14.2 Å². The van der Waals surface area contributed by atoms with Crippen molar-refractivity contribution in [3.63, 3.8) is 0 Å². The van der Waals surface area contributed by atoms with Crippen molar-refractivity contribution in [2.75, 3.05) is 14.2 Å². The Morgan fingerprint density at radius 2 is 1.37 bits per heavy atom. The van der Waals surface area contributed by atoms with Crippen LogP contribution in [0.25, 0.3) is 0 Å². The minimum atomic E-state index is -0.898. The fourth-order valence-corrected chi connectivity index (χ4v) is 6.36. The molecule has 5 rings (SSSR count). The maximum atomic E-state index is 12.9. The number of esters is 2. The average Bonchev–Trinajstić information content (AvgIpc) is 3.68. The number of methoxy groups -OCH3 is 2. The summed E-state index contributed by atoms with van der Waals surface area (Å²) in [6.07, 6.45) is 6.89. The summed E-state index contributed by atoms with van der Waals surface area (Å²) >= 11 is 0. The minimum Gasteiger partial charge on any atom is -0.467 e. The molecule has 7 unspecified atom stereocenters. The maximum absolute atomic E-state index is 12.9. The van der Waals surface area contributed by atoms with Crippen molar-refractivity contribution in [1.82, 2.24) is 10.6 Å². The number of fused-ring (bicyclic) bond motifs is 5. The Bertz CT molecular complexity index is 1290. The van der Waals surface area contributed by atoms with Gasteiger partial charge in [0.2, 0.25) is 0 Å². The van der Waals surface area contributed by atoms with Crippen molar-refractivity contribution < 1.29 is 28.7 Å². The zero-order chi connectivity index (χ0) is 26.8. The molecule has 0 saturated heterocycles. The number of ether oxygens (including phenoxy) is 2. The first-order valence-corrected chi connectivity index (χ1v) is 12.7. The first-order valence-electron chi connectivity index (χ1n) is 12.7. The van der Waals surface area contributed by atoms with Crippen LogP contribution in [0.4, 0.5) is 0 Å². The molecule has 2 amide bonds. The summed E-state index contributed by atoms with van der Waals surface area (Å²) < 4.78 is 10.1. The fraction of sp³-hybridized carbons (Fsp3) is 0.333. The summed E-state index contributed by atoms with van der Waals surface area (Å²) in [5, 5.41) is 5.75. The molecule has 0 heterocycles. The van der Waals surface area contributed by atoms with Crippen molar-refractivity contribution in [3.05, 3.63) is 95.6 Å². The number of rotatable bonds is 8.